The molecule has 1 atom stereocenters. The van der Waals surface area contributed by atoms with E-state index >= 15 is 0 Å². The van der Waals surface area contributed by atoms with E-state index in [-0.39, 0.29) is 48.8 Å². The maximum Gasteiger partial charge on any atom is 0.395 e. The molecule has 0 amide bonds. The van der Waals surface area contributed by atoms with Crippen LogP contribution < -0.4 is 16.0 Å². The number of hydrogen-bond acceptors (Lipinski definition) is 3. The highest BCUT2D eigenvalue weighted by Crippen LogP contribution is 2.52. The van der Waals surface area contributed by atoms with E-state index in [1.807, 2.05) is 0 Å². The van der Waals surface area contributed by atoms with Gasteiger partial charge in [0, 0.05) is 17.6 Å². The van der Waals surface area contributed by atoms with Crippen LogP contribution in [0.2, 0.25) is 5.02 Å². The molecule has 1 fully saturated rings. The van der Waals surface area contributed by atoms with Crippen LogP contribution in [0.3, 0.4) is 0 Å². The maximum absolute atomic E-state index is 13.7. The molecule has 0 saturated heterocycles. The molecular weight excluding hydrogens is 381 g/mol. The fraction of sp³-hybridized carbons (Fsp3) is 0.526. The number of benzene rings is 1. The molecule has 1 heterocycles. The smallest absolute Gasteiger partial charge is 0.395 e. The molecule has 0 aliphatic heterocycles. The van der Waals surface area contributed by atoms with Gasteiger partial charge in [-0.1, -0.05) is 18.5 Å². The third-order valence-electron chi connectivity index (χ3n) is 5.66. The lowest BCUT2D eigenvalue weighted by atomic mass is 9.67. The van der Waals surface area contributed by atoms with Crippen LogP contribution in [0.5, 0.6) is 5.75 Å². The molecule has 3 rings (SSSR count). The molecule has 0 spiro atoms. The van der Waals surface area contributed by atoms with Crippen LogP contribution in [0, 0.1) is 5.41 Å². The second kappa shape index (κ2) is 7.36. The summed E-state index contributed by atoms with van der Waals surface area (Å²) in [5.41, 5.74) is 3.73. The standard InChI is InChI=1S/C19H22ClF3N2O2/c1-2-16(24)18(19(21,22)23)6-3-12(4-7-18)27-15-9-11-5-8-25-17(26)13(11)10-14(15)20/h5,8-10,12,16H,2-4,6-7,24H2,1H3,(H,25,26). The molecule has 4 nitrogen and oxygen atoms in total. The SMILES string of the molecule is CCC(N)C1(C(F)(F)F)CCC(Oc2cc3cc[nH]c(=O)c3cc2Cl)CC1. The highest BCUT2D eigenvalue weighted by atomic mass is 35.5. The van der Waals surface area contributed by atoms with Crippen molar-refractivity contribution >= 4 is 22.4 Å². The molecule has 1 aromatic carbocycles. The van der Waals surface area contributed by atoms with Gasteiger partial charge in [0.05, 0.1) is 16.5 Å². The number of rotatable bonds is 4. The van der Waals surface area contributed by atoms with Crippen LogP contribution in [-0.2, 0) is 0 Å². The Kier molecular flexibility index (Phi) is 5.45. The summed E-state index contributed by atoms with van der Waals surface area (Å²) in [5, 5.41) is 1.35. The van der Waals surface area contributed by atoms with Gasteiger partial charge in [-0.15, -0.1) is 0 Å². The monoisotopic (exact) mass is 402 g/mol. The summed E-state index contributed by atoms with van der Waals surface area (Å²) in [4.78, 5) is 14.4. The van der Waals surface area contributed by atoms with Gasteiger partial charge in [-0.05, 0) is 55.7 Å². The largest absolute Gasteiger partial charge is 0.489 e. The van der Waals surface area contributed by atoms with E-state index < -0.39 is 17.6 Å². The molecule has 1 aliphatic rings. The molecule has 1 saturated carbocycles. The third-order valence-corrected chi connectivity index (χ3v) is 5.95. The minimum absolute atomic E-state index is 0.0684. The number of aromatic nitrogens is 1. The first kappa shape index (κ1) is 20.0. The Morgan fingerprint density at radius 1 is 1.37 bits per heavy atom. The van der Waals surface area contributed by atoms with Gasteiger partial charge in [-0.2, -0.15) is 13.2 Å². The molecule has 1 aliphatic carbocycles. The van der Waals surface area contributed by atoms with E-state index in [1.54, 1.807) is 19.1 Å². The highest BCUT2D eigenvalue weighted by Gasteiger charge is 2.58. The molecule has 148 valence electrons. The first-order valence-electron chi connectivity index (χ1n) is 8.98. The molecule has 1 aromatic heterocycles. The molecule has 1 unspecified atom stereocenters. The highest BCUT2D eigenvalue weighted by molar-refractivity contribution is 6.32. The number of nitrogens with one attached hydrogen (secondary N) is 1. The first-order chi connectivity index (χ1) is 12.7. The van der Waals surface area contributed by atoms with Gasteiger partial charge in [0.2, 0.25) is 0 Å². The van der Waals surface area contributed by atoms with Gasteiger partial charge >= 0.3 is 6.18 Å². The van der Waals surface area contributed by atoms with Crippen LogP contribution in [0.15, 0.2) is 29.2 Å². The van der Waals surface area contributed by atoms with Gasteiger partial charge in [0.15, 0.2) is 0 Å². The zero-order valence-electron chi connectivity index (χ0n) is 14.9. The summed E-state index contributed by atoms with van der Waals surface area (Å²) in [6.45, 7) is 1.68. The summed E-state index contributed by atoms with van der Waals surface area (Å²) in [6.07, 6.45) is -2.56. The maximum atomic E-state index is 13.7. The van der Waals surface area contributed by atoms with Crippen molar-refractivity contribution in [3.63, 3.8) is 0 Å². The number of alkyl halides is 3. The lowest BCUT2D eigenvalue weighted by Crippen LogP contribution is -2.54. The lowest BCUT2D eigenvalue weighted by molar-refractivity contribution is -0.246. The lowest BCUT2D eigenvalue weighted by Gasteiger charge is -2.44. The predicted molar refractivity (Wildman–Crippen MR) is 99.2 cm³/mol. The van der Waals surface area contributed by atoms with Gasteiger partial charge in [0.1, 0.15) is 5.75 Å². The van der Waals surface area contributed by atoms with Crippen LogP contribution in [-0.4, -0.2) is 23.3 Å². The Bertz CT molecular complexity index is 873. The zero-order valence-corrected chi connectivity index (χ0v) is 15.7. The Morgan fingerprint density at radius 2 is 2.04 bits per heavy atom. The number of halogens is 4. The van der Waals surface area contributed by atoms with Gasteiger partial charge in [-0.3, -0.25) is 4.79 Å². The van der Waals surface area contributed by atoms with Crippen LogP contribution >= 0.6 is 11.6 Å². The summed E-state index contributed by atoms with van der Waals surface area (Å²) >= 11 is 6.22. The average Bonchev–Trinajstić information content (AvgIpc) is 2.62. The van der Waals surface area contributed by atoms with E-state index in [0.29, 0.717) is 16.5 Å². The summed E-state index contributed by atoms with van der Waals surface area (Å²) in [5.74, 6) is 0.374. The number of H-pyrrole nitrogens is 1. The van der Waals surface area contributed by atoms with E-state index in [9.17, 15) is 18.0 Å². The number of aromatic amines is 1. The van der Waals surface area contributed by atoms with E-state index in [1.165, 1.54) is 12.3 Å². The van der Waals surface area contributed by atoms with Gasteiger partial charge in [0.25, 0.3) is 5.56 Å². The van der Waals surface area contributed by atoms with Crippen molar-refractivity contribution in [1.82, 2.24) is 4.98 Å². The van der Waals surface area contributed by atoms with Crippen LogP contribution in [0.1, 0.15) is 39.0 Å². The normalized spacial score (nSPS) is 24.7. The molecule has 0 radical (unpaired) electrons. The summed E-state index contributed by atoms with van der Waals surface area (Å²) in [7, 11) is 0. The predicted octanol–water partition coefficient (Wildman–Crippen LogP) is 4.79. The van der Waals surface area contributed by atoms with Crippen molar-refractivity contribution in [3.8, 4) is 5.75 Å². The molecule has 0 bridgehead atoms. The Labute approximate surface area is 159 Å². The fourth-order valence-corrected chi connectivity index (χ4v) is 4.15. The molecule has 27 heavy (non-hydrogen) atoms. The zero-order chi connectivity index (χ0) is 19.8. The fourth-order valence-electron chi connectivity index (χ4n) is 3.94. The minimum atomic E-state index is -4.34. The van der Waals surface area contributed by atoms with E-state index in [2.05, 4.69) is 4.98 Å². The number of fused-ring (bicyclic) bond motifs is 1. The van der Waals surface area contributed by atoms with Crippen molar-refractivity contribution in [2.24, 2.45) is 11.1 Å². The first-order valence-corrected chi connectivity index (χ1v) is 9.35. The summed E-state index contributed by atoms with van der Waals surface area (Å²) < 4.78 is 47.0. The Hall–Kier alpha value is -1.73. The van der Waals surface area contributed by atoms with Crippen LogP contribution in [0.25, 0.3) is 10.8 Å². The molecular formula is C19H22ClF3N2O2. The van der Waals surface area contributed by atoms with Gasteiger partial charge in [-0.25, -0.2) is 0 Å². The quantitative estimate of drug-likeness (QED) is 0.772. The number of ether oxygens (including phenoxy) is 1. The van der Waals surface area contributed by atoms with Crippen molar-refractivity contribution in [2.45, 2.75) is 57.3 Å². The molecule has 8 heteroatoms. The van der Waals surface area contributed by atoms with Crippen molar-refractivity contribution in [2.75, 3.05) is 0 Å². The van der Waals surface area contributed by atoms with Crippen molar-refractivity contribution in [1.29, 1.82) is 0 Å². The average molecular weight is 403 g/mol. The summed E-state index contributed by atoms with van der Waals surface area (Å²) in [6, 6.07) is 3.96. The van der Waals surface area contributed by atoms with E-state index in [4.69, 9.17) is 22.1 Å². The Morgan fingerprint density at radius 3 is 2.63 bits per heavy atom. The third kappa shape index (κ3) is 3.67. The number of hydrogen-bond donors (Lipinski definition) is 2. The molecule has 3 N–H and O–H groups in total. The van der Waals surface area contributed by atoms with Gasteiger partial charge < -0.3 is 15.5 Å². The van der Waals surface area contributed by atoms with Crippen molar-refractivity contribution in [3.05, 3.63) is 39.8 Å². The Balaban J connectivity index is 1.79. The van der Waals surface area contributed by atoms with E-state index in [0.717, 1.165) is 0 Å². The topological polar surface area (TPSA) is 68.1 Å². The number of pyridine rings is 1. The minimum Gasteiger partial charge on any atom is -0.489 e. The molecule has 2 aromatic rings. The van der Waals surface area contributed by atoms with Crippen LogP contribution in [0.4, 0.5) is 13.2 Å². The second-order valence-electron chi connectivity index (χ2n) is 7.16. The number of nitrogens with two attached hydrogens (primary N) is 1. The second-order valence-corrected chi connectivity index (χ2v) is 7.57. The van der Waals surface area contributed by atoms with Crippen molar-refractivity contribution < 1.29 is 17.9 Å².